The Morgan fingerprint density at radius 1 is 1.39 bits per heavy atom. The molecule has 23 heavy (non-hydrogen) atoms. The molecule has 0 bridgehead atoms. The van der Waals surface area contributed by atoms with Crippen LogP contribution in [0.3, 0.4) is 0 Å². The van der Waals surface area contributed by atoms with Crippen molar-refractivity contribution >= 4 is 5.91 Å². The van der Waals surface area contributed by atoms with E-state index in [2.05, 4.69) is 15.3 Å². The Balaban J connectivity index is 1.54. The summed E-state index contributed by atoms with van der Waals surface area (Å²) in [6.07, 6.45) is 9.69. The van der Waals surface area contributed by atoms with Crippen molar-refractivity contribution in [3.8, 4) is 0 Å². The van der Waals surface area contributed by atoms with Gasteiger partial charge in [-0.25, -0.2) is 0 Å². The summed E-state index contributed by atoms with van der Waals surface area (Å²) >= 11 is 0. The minimum absolute atomic E-state index is 0.0998. The molecular formula is C17H28N4O2. The summed E-state index contributed by atoms with van der Waals surface area (Å²) in [5.41, 5.74) is 0. The second kappa shape index (κ2) is 7.93. The van der Waals surface area contributed by atoms with Gasteiger partial charge in [0.15, 0.2) is 0 Å². The number of carbonyl (C=O) groups is 1. The Morgan fingerprint density at radius 2 is 2.30 bits per heavy atom. The van der Waals surface area contributed by atoms with Crippen LogP contribution in [-0.2, 0) is 16.1 Å². The second-order valence-electron chi connectivity index (χ2n) is 6.67. The third kappa shape index (κ3) is 4.32. The van der Waals surface area contributed by atoms with Crippen LogP contribution in [0, 0.1) is 0 Å². The second-order valence-corrected chi connectivity index (χ2v) is 6.67. The Labute approximate surface area is 138 Å². The summed E-state index contributed by atoms with van der Waals surface area (Å²) in [6.45, 7) is 5.33. The van der Waals surface area contributed by atoms with Crippen molar-refractivity contribution < 1.29 is 9.53 Å². The molecule has 1 N–H and O–H groups in total. The predicted molar refractivity (Wildman–Crippen MR) is 88.0 cm³/mol. The molecule has 2 aliphatic heterocycles. The number of aromatic nitrogens is 2. The molecular weight excluding hydrogens is 292 g/mol. The van der Waals surface area contributed by atoms with Crippen LogP contribution in [0.5, 0.6) is 0 Å². The van der Waals surface area contributed by atoms with Crippen LogP contribution in [0.25, 0.3) is 0 Å². The van der Waals surface area contributed by atoms with Crippen LogP contribution < -0.4 is 5.32 Å². The van der Waals surface area contributed by atoms with E-state index in [-0.39, 0.29) is 18.1 Å². The van der Waals surface area contributed by atoms with Crippen molar-refractivity contribution in [2.24, 2.45) is 0 Å². The molecule has 1 amide bonds. The van der Waals surface area contributed by atoms with E-state index in [1.807, 2.05) is 30.1 Å². The van der Waals surface area contributed by atoms with E-state index < -0.39 is 0 Å². The monoisotopic (exact) mass is 320 g/mol. The first-order valence-electron chi connectivity index (χ1n) is 8.86. The summed E-state index contributed by atoms with van der Waals surface area (Å²) in [5.74, 6) is 0.118. The van der Waals surface area contributed by atoms with E-state index in [0.717, 1.165) is 39.0 Å². The standard InChI is InChI=1S/C17H28N4O2/c1-14(17(22)18-12-16-7-4-11-23-16)21-10-3-2-6-15(21)13-20-9-5-8-19-20/h5,8-9,14-16H,2-4,6-7,10-13H2,1H3,(H,18,22)/t14-,15-,16-/m1/s1. The van der Waals surface area contributed by atoms with Gasteiger partial charge in [-0.15, -0.1) is 0 Å². The zero-order chi connectivity index (χ0) is 16.1. The van der Waals surface area contributed by atoms with Crippen molar-refractivity contribution in [1.82, 2.24) is 20.0 Å². The molecule has 0 aliphatic carbocycles. The number of hydrogen-bond donors (Lipinski definition) is 1. The molecule has 6 nitrogen and oxygen atoms in total. The summed E-state index contributed by atoms with van der Waals surface area (Å²) < 4.78 is 7.55. The van der Waals surface area contributed by atoms with E-state index >= 15 is 0 Å². The number of nitrogens with zero attached hydrogens (tertiary/aromatic N) is 3. The molecule has 0 saturated carbocycles. The third-order valence-corrected chi connectivity index (χ3v) is 5.03. The molecule has 6 heteroatoms. The lowest BCUT2D eigenvalue weighted by molar-refractivity contribution is -0.128. The van der Waals surface area contributed by atoms with Crippen molar-refractivity contribution in [1.29, 1.82) is 0 Å². The Kier molecular flexibility index (Phi) is 5.67. The first-order chi connectivity index (χ1) is 11.2. The normalized spacial score (nSPS) is 27.0. The van der Waals surface area contributed by atoms with Gasteiger partial charge in [-0.2, -0.15) is 5.10 Å². The molecule has 3 rings (SSSR count). The van der Waals surface area contributed by atoms with Crippen LogP contribution in [-0.4, -0.2) is 58.5 Å². The molecule has 0 aromatic carbocycles. The number of likely N-dealkylation sites (tertiary alicyclic amines) is 1. The number of hydrogen-bond acceptors (Lipinski definition) is 4. The van der Waals surface area contributed by atoms with Gasteiger partial charge in [0.25, 0.3) is 0 Å². The first kappa shape index (κ1) is 16.5. The number of carbonyl (C=O) groups excluding carboxylic acids is 1. The van der Waals surface area contributed by atoms with Gasteiger partial charge < -0.3 is 10.1 Å². The minimum atomic E-state index is -0.0998. The van der Waals surface area contributed by atoms with E-state index in [9.17, 15) is 4.79 Å². The summed E-state index contributed by atoms with van der Waals surface area (Å²) in [7, 11) is 0. The fourth-order valence-corrected chi connectivity index (χ4v) is 3.67. The van der Waals surface area contributed by atoms with Gasteiger partial charge in [0.2, 0.25) is 5.91 Å². The molecule has 2 aliphatic rings. The Morgan fingerprint density at radius 3 is 3.04 bits per heavy atom. The molecule has 1 aromatic rings. The Bertz CT molecular complexity index is 485. The highest BCUT2D eigenvalue weighted by atomic mass is 16.5. The highest BCUT2D eigenvalue weighted by molar-refractivity contribution is 5.81. The quantitative estimate of drug-likeness (QED) is 0.861. The fraction of sp³-hybridized carbons (Fsp3) is 0.765. The maximum atomic E-state index is 12.5. The average Bonchev–Trinajstić information content (AvgIpc) is 3.26. The number of amides is 1. The molecule has 3 atom stereocenters. The maximum Gasteiger partial charge on any atom is 0.237 e. The van der Waals surface area contributed by atoms with Crippen LogP contribution >= 0.6 is 0 Å². The molecule has 0 radical (unpaired) electrons. The highest BCUT2D eigenvalue weighted by Crippen LogP contribution is 2.21. The summed E-state index contributed by atoms with van der Waals surface area (Å²) in [6, 6.07) is 2.23. The van der Waals surface area contributed by atoms with Gasteiger partial charge >= 0.3 is 0 Å². The lowest BCUT2D eigenvalue weighted by atomic mass is 9.99. The summed E-state index contributed by atoms with van der Waals surface area (Å²) in [4.78, 5) is 14.9. The van der Waals surface area contributed by atoms with E-state index in [1.54, 1.807) is 0 Å². The van der Waals surface area contributed by atoms with Gasteiger partial charge in [-0.05, 0) is 45.2 Å². The zero-order valence-corrected chi connectivity index (χ0v) is 14.0. The number of ether oxygens (including phenoxy) is 1. The van der Waals surface area contributed by atoms with Crippen molar-refractivity contribution in [2.45, 2.75) is 63.8 Å². The average molecular weight is 320 g/mol. The van der Waals surface area contributed by atoms with Gasteiger partial charge in [-0.1, -0.05) is 6.42 Å². The van der Waals surface area contributed by atoms with Crippen molar-refractivity contribution in [3.05, 3.63) is 18.5 Å². The topological polar surface area (TPSA) is 59.4 Å². The number of piperidine rings is 1. The van der Waals surface area contributed by atoms with Gasteiger partial charge in [0, 0.05) is 31.6 Å². The fourth-order valence-electron chi connectivity index (χ4n) is 3.67. The molecule has 0 spiro atoms. The molecule has 2 fully saturated rings. The van der Waals surface area contributed by atoms with Crippen LogP contribution in [0.2, 0.25) is 0 Å². The predicted octanol–water partition coefficient (Wildman–Crippen LogP) is 1.42. The Hall–Kier alpha value is -1.40. The van der Waals surface area contributed by atoms with Gasteiger partial charge in [0.1, 0.15) is 0 Å². The van der Waals surface area contributed by atoms with E-state index in [0.29, 0.717) is 12.6 Å². The highest BCUT2D eigenvalue weighted by Gasteiger charge is 2.31. The maximum absolute atomic E-state index is 12.5. The van der Waals surface area contributed by atoms with Crippen LogP contribution in [0.1, 0.15) is 39.0 Å². The van der Waals surface area contributed by atoms with Crippen LogP contribution in [0.4, 0.5) is 0 Å². The van der Waals surface area contributed by atoms with Gasteiger partial charge in [0.05, 0.1) is 18.7 Å². The SMILES string of the molecule is C[C@H](C(=O)NC[C@H]1CCCO1)N1CCCC[C@@H]1Cn1cccn1. The van der Waals surface area contributed by atoms with Crippen molar-refractivity contribution in [2.75, 3.05) is 19.7 Å². The van der Waals surface area contributed by atoms with Crippen molar-refractivity contribution in [3.63, 3.8) is 0 Å². The lowest BCUT2D eigenvalue weighted by Gasteiger charge is -2.39. The molecule has 0 unspecified atom stereocenters. The van der Waals surface area contributed by atoms with Gasteiger partial charge in [-0.3, -0.25) is 14.4 Å². The van der Waals surface area contributed by atoms with E-state index in [4.69, 9.17) is 4.74 Å². The molecule has 1 aromatic heterocycles. The number of rotatable bonds is 6. The zero-order valence-electron chi connectivity index (χ0n) is 14.0. The lowest BCUT2D eigenvalue weighted by Crippen LogP contribution is -2.53. The minimum Gasteiger partial charge on any atom is -0.376 e. The largest absolute Gasteiger partial charge is 0.376 e. The molecule has 3 heterocycles. The van der Waals surface area contributed by atoms with E-state index in [1.165, 1.54) is 12.8 Å². The summed E-state index contributed by atoms with van der Waals surface area (Å²) in [5, 5.41) is 7.38. The smallest absolute Gasteiger partial charge is 0.237 e. The van der Waals surface area contributed by atoms with Crippen LogP contribution in [0.15, 0.2) is 18.5 Å². The molecule has 128 valence electrons. The third-order valence-electron chi connectivity index (χ3n) is 5.03. The first-order valence-corrected chi connectivity index (χ1v) is 8.86. The molecule has 2 saturated heterocycles. The number of nitrogens with one attached hydrogen (secondary N) is 1.